The lowest BCUT2D eigenvalue weighted by Crippen LogP contribution is -2.22. The van der Waals surface area contributed by atoms with Gasteiger partial charge in [0.05, 0.1) is 11.5 Å². The van der Waals surface area contributed by atoms with E-state index in [0.717, 1.165) is 42.1 Å². The van der Waals surface area contributed by atoms with Gasteiger partial charge in [-0.3, -0.25) is 0 Å². The minimum absolute atomic E-state index is 0.313. The third-order valence-electron chi connectivity index (χ3n) is 4.78. The summed E-state index contributed by atoms with van der Waals surface area (Å²) in [4.78, 5) is 8.45. The molecule has 0 aliphatic heterocycles. The summed E-state index contributed by atoms with van der Waals surface area (Å²) < 4.78 is 7.78. The fraction of sp³-hybridized carbons (Fsp3) is 0.647. The van der Waals surface area contributed by atoms with Crippen LogP contribution in [-0.2, 0) is 11.5 Å². The van der Waals surface area contributed by atoms with Crippen LogP contribution in [0.4, 0.5) is 0 Å². The molecule has 132 valence electrons. The molecule has 1 N–H and O–H groups in total. The topological polar surface area (TPSA) is 60.2 Å². The van der Waals surface area contributed by atoms with E-state index in [1.165, 1.54) is 12.7 Å². The summed E-state index contributed by atoms with van der Waals surface area (Å²) in [6.45, 7) is 8.17. The van der Waals surface area contributed by atoms with Gasteiger partial charge < -0.3 is 14.4 Å². The lowest BCUT2D eigenvalue weighted by molar-refractivity contribution is 0.0618. The van der Waals surface area contributed by atoms with Crippen molar-refractivity contribution in [3.63, 3.8) is 0 Å². The first kappa shape index (κ1) is 17.9. The predicted octanol–water partition coefficient (Wildman–Crippen LogP) is 4.23. The lowest BCUT2D eigenvalue weighted by atomic mass is 9.79. The Kier molecular flexibility index (Phi) is 5.29. The quantitative estimate of drug-likeness (QED) is 0.452. The zero-order valence-corrected chi connectivity index (χ0v) is 16.4. The summed E-state index contributed by atoms with van der Waals surface area (Å²) >= 11 is 6.30. The number of aromatic nitrogens is 3. The van der Waals surface area contributed by atoms with E-state index < -0.39 is 14.2 Å². The summed E-state index contributed by atoms with van der Waals surface area (Å²) in [6.07, 6.45) is 6.20. The molecular formula is C17H26ClN3O2Si. The van der Waals surface area contributed by atoms with Gasteiger partial charge in [-0.05, 0) is 24.8 Å². The number of fused-ring (bicyclic) bond motifs is 1. The second-order valence-corrected chi connectivity index (χ2v) is 13.9. The number of hydrogen-bond acceptors (Lipinski definition) is 4. The van der Waals surface area contributed by atoms with Gasteiger partial charge in [0.15, 0.2) is 0 Å². The second kappa shape index (κ2) is 7.12. The van der Waals surface area contributed by atoms with E-state index in [2.05, 4.69) is 29.6 Å². The van der Waals surface area contributed by atoms with Gasteiger partial charge in [0, 0.05) is 26.4 Å². The molecule has 1 fully saturated rings. The lowest BCUT2D eigenvalue weighted by Gasteiger charge is -2.30. The number of ether oxygens (including phenoxy) is 1. The van der Waals surface area contributed by atoms with Crippen LogP contribution >= 0.6 is 11.6 Å². The Bertz CT molecular complexity index is 710. The van der Waals surface area contributed by atoms with Gasteiger partial charge in [0.1, 0.15) is 23.9 Å². The van der Waals surface area contributed by atoms with Gasteiger partial charge in [-0.2, -0.15) is 0 Å². The molecule has 7 heteroatoms. The normalized spacial score (nSPS) is 17.2. The Labute approximate surface area is 149 Å². The molecule has 1 aliphatic carbocycles. The van der Waals surface area contributed by atoms with Crippen molar-refractivity contribution in [2.45, 2.75) is 57.8 Å². The molecule has 24 heavy (non-hydrogen) atoms. The van der Waals surface area contributed by atoms with Crippen LogP contribution in [0, 0.1) is 5.92 Å². The van der Waals surface area contributed by atoms with Crippen LogP contribution < -0.4 is 0 Å². The SMILES string of the molecule is C[Si](C)(C)CCOCn1cc(C(O)C2CCC2)c2c(Cl)ncnc21. The smallest absolute Gasteiger partial charge is 0.147 e. The highest BCUT2D eigenvalue weighted by Gasteiger charge is 2.30. The molecule has 2 aromatic rings. The number of aliphatic hydroxyl groups excluding tert-OH is 1. The van der Waals surface area contributed by atoms with Crippen molar-refractivity contribution < 1.29 is 9.84 Å². The molecule has 0 amide bonds. The minimum atomic E-state index is -1.10. The molecule has 1 saturated carbocycles. The summed E-state index contributed by atoms with van der Waals surface area (Å²) in [5.74, 6) is 0.313. The molecule has 1 atom stereocenters. The van der Waals surface area contributed by atoms with E-state index in [-0.39, 0.29) is 0 Å². The fourth-order valence-corrected chi connectivity index (χ4v) is 3.98. The third kappa shape index (κ3) is 3.82. The van der Waals surface area contributed by atoms with E-state index in [9.17, 15) is 5.11 Å². The fourth-order valence-electron chi connectivity index (χ4n) is 2.99. The highest BCUT2D eigenvalue weighted by molar-refractivity contribution is 6.76. The van der Waals surface area contributed by atoms with E-state index in [1.54, 1.807) is 0 Å². The van der Waals surface area contributed by atoms with Gasteiger partial charge in [-0.25, -0.2) is 9.97 Å². The summed E-state index contributed by atoms with van der Waals surface area (Å²) in [6, 6.07) is 1.12. The average Bonchev–Trinajstić information content (AvgIpc) is 2.81. The van der Waals surface area contributed by atoms with Crippen molar-refractivity contribution >= 4 is 30.7 Å². The van der Waals surface area contributed by atoms with E-state index in [4.69, 9.17) is 16.3 Å². The van der Waals surface area contributed by atoms with Crippen molar-refractivity contribution in [2.24, 2.45) is 5.92 Å². The number of hydrogen-bond donors (Lipinski definition) is 1. The zero-order chi connectivity index (χ0) is 17.3. The molecule has 0 aromatic carbocycles. The Morgan fingerprint density at radius 2 is 2.12 bits per heavy atom. The first-order valence-corrected chi connectivity index (χ1v) is 12.7. The predicted molar refractivity (Wildman–Crippen MR) is 98.9 cm³/mol. The van der Waals surface area contributed by atoms with Gasteiger partial charge in [0.25, 0.3) is 0 Å². The minimum Gasteiger partial charge on any atom is -0.388 e. The largest absolute Gasteiger partial charge is 0.388 e. The molecule has 1 aliphatic rings. The molecule has 0 saturated heterocycles. The van der Waals surface area contributed by atoms with E-state index in [0.29, 0.717) is 17.8 Å². The van der Waals surface area contributed by atoms with Crippen LogP contribution in [0.3, 0.4) is 0 Å². The second-order valence-electron chi connectivity index (χ2n) is 7.90. The van der Waals surface area contributed by atoms with Gasteiger partial charge in [0.2, 0.25) is 0 Å². The number of nitrogens with zero attached hydrogens (tertiary/aromatic N) is 3. The maximum Gasteiger partial charge on any atom is 0.147 e. The molecular weight excluding hydrogens is 342 g/mol. The van der Waals surface area contributed by atoms with Crippen LogP contribution in [-0.4, -0.2) is 34.3 Å². The van der Waals surface area contributed by atoms with E-state index >= 15 is 0 Å². The first-order chi connectivity index (χ1) is 11.4. The van der Waals surface area contributed by atoms with Crippen LogP contribution in [0.15, 0.2) is 12.5 Å². The van der Waals surface area contributed by atoms with Crippen molar-refractivity contribution in [2.75, 3.05) is 6.61 Å². The van der Waals surface area contributed by atoms with Crippen LogP contribution in [0.5, 0.6) is 0 Å². The Hall–Kier alpha value is -0.953. The maximum atomic E-state index is 10.7. The highest BCUT2D eigenvalue weighted by Crippen LogP contribution is 2.41. The van der Waals surface area contributed by atoms with Crippen molar-refractivity contribution in [1.29, 1.82) is 0 Å². The summed E-state index contributed by atoms with van der Waals surface area (Å²) in [5.41, 5.74) is 1.56. The van der Waals surface area contributed by atoms with Crippen LogP contribution in [0.25, 0.3) is 11.0 Å². The van der Waals surface area contributed by atoms with Crippen LogP contribution in [0.1, 0.15) is 30.9 Å². The monoisotopic (exact) mass is 367 g/mol. The number of halogens is 1. The molecule has 0 radical (unpaired) electrons. The number of aliphatic hydroxyl groups is 1. The molecule has 1 unspecified atom stereocenters. The van der Waals surface area contributed by atoms with Gasteiger partial charge in [-0.15, -0.1) is 0 Å². The van der Waals surface area contributed by atoms with Crippen molar-refractivity contribution in [3.05, 3.63) is 23.2 Å². The molecule has 0 spiro atoms. The molecule has 0 bridgehead atoms. The van der Waals surface area contributed by atoms with Crippen LogP contribution in [0.2, 0.25) is 30.8 Å². The molecule has 3 rings (SSSR count). The zero-order valence-electron chi connectivity index (χ0n) is 14.6. The molecule has 2 aromatic heterocycles. The Morgan fingerprint density at radius 3 is 2.75 bits per heavy atom. The Balaban J connectivity index is 1.81. The van der Waals surface area contributed by atoms with Gasteiger partial charge >= 0.3 is 0 Å². The van der Waals surface area contributed by atoms with Crippen molar-refractivity contribution in [3.8, 4) is 0 Å². The van der Waals surface area contributed by atoms with Gasteiger partial charge in [-0.1, -0.05) is 37.7 Å². The van der Waals surface area contributed by atoms with Crippen molar-refractivity contribution in [1.82, 2.24) is 14.5 Å². The highest BCUT2D eigenvalue weighted by atomic mass is 35.5. The van der Waals surface area contributed by atoms with E-state index in [1.807, 2.05) is 10.8 Å². The first-order valence-electron chi connectivity index (χ1n) is 8.62. The molecule has 2 heterocycles. The third-order valence-corrected chi connectivity index (χ3v) is 6.77. The Morgan fingerprint density at radius 1 is 1.38 bits per heavy atom. The average molecular weight is 368 g/mol. The summed E-state index contributed by atoms with van der Waals surface area (Å²) in [5, 5.41) is 11.8. The maximum absolute atomic E-state index is 10.7. The number of rotatable bonds is 7. The molecule has 5 nitrogen and oxygen atoms in total. The standard InChI is InChI=1S/C17H26ClN3O2Si/c1-24(2,3)8-7-23-11-21-9-13(15(22)12-5-4-6-12)14-16(18)19-10-20-17(14)21/h9-10,12,15,22H,4-8,11H2,1-3H3. The summed E-state index contributed by atoms with van der Waals surface area (Å²) in [7, 11) is -1.10.